The Morgan fingerprint density at radius 1 is 1.53 bits per heavy atom. The molecule has 0 aromatic carbocycles. The van der Waals surface area contributed by atoms with Crippen molar-refractivity contribution in [1.82, 2.24) is 10.2 Å². The van der Waals surface area contributed by atoms with E-state index in [-0.39, 0.29) is 18.3 Å². The number of halogens is 2. The summed E-state index contributed by atoms with van der Waals surface area (Å²) in [6.07, 6.45) is 0.545. The average molecular weight is 297 g/mol. The van der Waals surface area contributed by atoms with Gasteiger partial charge >= 0.3 is 0 Å². The van der Waals surface area contributed by atoms with E-state index < -0.39 is 0 Å². The molecule has 1 heterocycles. The van der Waals surface area contributed by atoms with Gasteiger partial charge in [0.1, 0.15) is 0 Å². The second kappa shape index (κ2) is 8.75. The van der Waals surface area contributed by atoms with Crippen molar-refractivity contribution in [2.75, 3.05) is 20.1 Å². The third kappa shape index (κ3) is 5.73. The number of nitrogens with zero attached hydrogens (tertiary/aromatic N) is 1. The molecule has 1 rings (SSSR count). The van der Waals surface area contributed by atoms with Crippen LogP contribution in [0.1, 0.15) is 18.2 Å². The molecule has 0 aliphatic rings. The molecule has 0 fully saturated rings. The number of thiophene rings is 1. The zero-order valence-corrected chi connectivity index (χ0v) is 12.4. The van der Waals surface area contributed by atoms with Gasteiger partial charge < -0.3 is 10.2 Å². The molecule has 0 aliphatic carbocycles. The van der Waals surface area contributed by atoms with Crippen molar-refractivity contribution in [3.8, 4) is 0 Å². The summed E-state index contributed by atoms with van der Waals surface area (Å²) in [5.41, 5.74) is 0. The topological polar surface area (TPSA) is 32.3 Å². The second-order valence-electron chi connectivity index (χ2n) is 3.47. The summed E-state index contributed by atoms with van der Waals surface area (Å²) in [7, 11) is 1.85. The first-order valence-electron chi connectivity index (χ1n) is 5.34. The van der Waals surface area contributed by atoms with E-state index in [1.807, 2.05) is 31.0 Å². The summed E-state index contributed by atoms with van der Waals surface area (Å²) in [4.78, 5) is 14.8. The highest BCUT2D eigenvalue weighted by molar-refractivity contribution is 7.16. The number of hydrogen-bond acceptors (Lipinski definition) is 3. The quantitative estimate of drug-likeness (QED) is 0.875. The highest BCUT2D eigenvalue weighted by Gasteiger charge is 2.12. The number of carbonyl (C=O) groups is 1. The Balaban J connectivity index is 0.00000256. The highest BCUT2D eigenvalue weighted by Crippen LogP contribution is 2.22. The van der Waals surface area contributed by atoms with Gasteiger partial charge in [0.2, 0.25) is 5.91 Å². The summed E-state index contributed by atoms with van der Waals surface area (Å²) >= 11 is 7.38. The first-order chi connectivity index (χ1) is 7.67. The van der Waals surface area contributed by atoms with E-state index in [9.17, 15) is 4.79 Å². The van der Waals surface area contributed by atoms with Crippen molar-refractivity contribution >= 4 is 41.3 Å². The van der Waals surface area contributed by atoms with Crippen molar-refractivity contribution in [1.29, 1.82) is 0 Å². The molecule has 3 nitrogen and oxygen atoms in total. The van der Waals surface area contributed by atoms with Gasteiger partial charge in [-0.25, -0.2) is 0 Å². The molecule has 0 aliphatic heterocycles. The summed E-state index contributed by atoms with van der Waals surface area (Å²) in [6, 6.07) is 3.84. The van der Waals surface area contributed by atoms with E-state index >= 15 is 0 Å². The molecule has 1 amide bonds. The zero-order valence-electron chi connectivity index (χ0n) is 10.0. The average Bonchev–Trinajstić information content (AvgIpc) is 2.68. The van der Waals surface area contributed by atoms with Gasteiger partial charge in [0.05, 0.1) is 10.9 Å². The third-order valence-corrected chi connectivity index (χ3v) is 3.51. The van der Waals surface area contributed by atoms with Crippen LogP contribution in [-0.2, 0) is 11.3 Å². The van der Waals surface area contributed by atoms with E-state index in [4.69, 9.17) is 11.6 Å². The number of rotatable bonds is 6. The molecule has 0 bridgehead atoms. The lowest BCUT2D eigenvalue weighted by atomic mass is 10.3. The van der Waals surface area contributed by atoms with Crippen molar-refractivity contribution < 1.29 is 4.79 Å². The Hall–Kier alpha value is -0.290. The van der Waals surface area contributed by atoms with Gasteiger partial charge in [-0.2, -0.15) is 0 Å². The van der Waals surface area contributed by atoms with Gasteiger partial charge in [-0.3, -0.25) is 4.79 Å². The second-order valence-corrected chi connectivity index (χ2v) is 5.27. The minimum absolute atomic E-state index is 0. The third-order valence-electron chi connectivity index (χ3n) is 2.30. The molecular weight excluding hydrogens is 279 g/mol. The van der Waals surface area contributed by atoms with Gasteiger partial charge in [0.25, 0.3) is 0 Å². The first-order valence-corrected chi connectivity index (χ1v) is 6.53. The van der Waals surface area contributed by atoms with Crippen LogP contribution in [0, 0.1) is 0 Å². The van der Waals surface area contributed by atoms with Crippen LogP contribution in [0.2, 0.25) is 4.34 Å². The van der Waals surface area contributed by atoms with E-state index in [0.29, 0.717) is 13.0 Å². The standard InChI is InChI=1S/C11H17ClN2OS.ClH/c1-3-14(11(15)6-7-13-2)8-9-4-5-10(12)16-9;/h4-5,13H,3,6-8H2,1-2H3;1H. The van der Waals surface area contributed by atoms with Crippen LogP contribution >= 0.6 is 35.3 Å². The fraction of sp³-hybridized carbons (Fsp3) is 0.545. The molecule has 0 atom stereocenters. The van der Waals surface area contributed by atoms with Crippen molar-refractivity contribution in [3.05, 3.63) is 21.3 Å². The van der Waals surface area contributed by atoms with E-state index in [0.717, 1.165) is 22.3 Å². The predicted molar refractivity (Wildman–Crippen MR) is 76.2 cm³/mol. The van der Waals surface area contributed by atoms with Crippen LogP contribution in [0.4, 0.5) is 0 Å². The summed E-state index contributed by atoms with van der Waals surface area (Å²) < 4.78 is 0.772. The van der Waals surface area contributed by atoms with E-state index in [1.165, 1.54) is 11.3 Å². The van der Waals surface area contributed by atoms with Crippen molar-refractivity contribution in [2.45, 2.75) is 19.9 Å². The number of carbonyl (C=O) groups excluding carboxylic acids is 1. The zero-order chi connectivity index (χ0) is 12.0. The monoisotopic (exact) mass is 296 g/mol. The first kappa shape index (κ1) is 16.7. The number of nitrogens with one attached hydrogen (secondary N) is 1. The van der Waals surface area contributed by atoms with E-state index in [1.54, 1.807) is 0 Å². The molecule has 98 valence electrons. The summed E-state index contributed by atoms with van der Waals surface area (Å²) in [6.45, 7) is 4.11. The largest absolute Gasteiger partial charge is 0.338 e. The molecule has 0 saturated heterocycles. The van der Waals surface area contributed by atoms with Crippen LogP contribution in [-0.4, -0.2) is 30.9 Å². The van der Waals surface area contributed by atoms with Crippen LogP contribution < -0.4 is 5.32 Å². The van der Waals surface area contributed by atoms with Gasteiger partial charge in [-0.1, -0.05) is 11.6 Å². The SMILES string of the molecule is CCN(Cc1ccc(Cl)s1)C(=O)CCNC.Cl. The normalized spacial score (nSPS) is 9.82. The Bertz CT molecular complexity index is 344. The summed E-state index contributed by atoms with van der Waals surface area (Å²) in [5, 5.41) is 2.98. The predicted octanol–water partition coefficient (Wildman–Crippen LogP) is 2.78. The van der Waals surface area contributed by atoms with Gasteiger partial charge in [-0.05, 0) is 26.1 Å². The maximum absolute atomic E-state index is 11.8. The molecule has 0 unspecified atom stereocenters. The Labute approximate surface area is 118 Å². The van der Waals surface area contributed by atoms with Crippen molar-refractivity contribution in [2.24, 2.45) is 0 Å². The minimum Gasteiger partial charge on any atom is -0.338 e. The molecule has 0 saturated carbocycles. The maximum Gasteiger partial charge on any atom is 0.224 e. The lowest BCUT2D eigenvalue weighted by Gasteiger charge is -2.20. The molecule has 0 radical (unpaired) electrons. The minimum atomic E-state index is 0. The Morgan fingerprint density at radius 2 is 2.24 bits per heavy atom. The molecular formula is C11H18Cl2N2OS. The lowest BCUT2D eigenvalue weighted by Crippen LogP contribution is -2.31. The molecule has 1 N–H and O–H groups in total. The van der Waals surface area contributed by atoms with Gasteiger partial charge in [-0.15, -0.1) is 23.7 Å². The Kier molecular flexibility index (Phi) is 8.60. The fourth-order valence-corrected chi connectivity index (χ4v) is 2.49. The number of amides is 1. The lowest BCUT2D eigenvalue weighted by molar-refractivity contribution is -0.131. The molecule has 6 heteroatoms. The molecule has 0 spiro atoms. The van der Waals surface area contributed by atoms with Gasteiger partial charge in [0.15, 0.2) is 0 Å². The van der Waals surface area contributed by atoms with Gasteiger partial charge in [0, 0.05) is 24.4 Å². The smallest absolute Gasteiger partial charge is 0.224 e. The van der Waals surface area contributed by atoms with E-state index in [2.05, 4.69) is 5.32 Å². The summed E-state index contributed by atoms with van der Waals surface area (Å²) in [5.74, 6) is 0.182. The van der Waals surface area contributed by atoms with Crippen molar-refractivity contribution in [3.63, 3.8) is 0 Å². The van der Waals surface area contributed by atoms with Crippen LogP contribution in [0.15, 0.2) is 12.1 Å². The molecule has 1 aromatic rings. The highest BCUT2D eigenvalue weighted by atomic mass is 35.5. The molecule has 17 heavy (non-hydrogen) atoms. The van der Waals surface area contributed by atoms with Crippen LogP contribution in [0.25, 0.3) is 0 Å². The molecule has 1 aromatic heterocycles. The fourth-order valence-electron chi connectivity index (χ4n) is 1.39. The Morgan fingerprint density at radius 3 is 2.71 bits per heavy atom. The van der Waals surface area contributed by atoms with Crippen LogP contribution in [0.5, 0.6) is 0 Å². The van der Waals surface area contributed by atoms with Crippen LogP contribution in [0.3, 0.4) is 0 Å². The maximum atomic E-state index is 11.8. The number of hydrogen-bond donors (Lipinski definition) is 1.